The summed E-state index contributed by atoms with van der Waals surface area (Å²) in [6.07, 6.45) is 1.48. The molecule has 5 heteroatoms. The first-order valence-electron chi connectivity index (χ1n) is 5.61. The summed E-state index contributed by atoms with van der Waals surface area (Å²) in [6, 6.07) is 5.96. The van der Waals surface area contributed by atoms with Crippen molar-refractivity contribution in [2.75, 3.05) is 0 Å². The van der Waals surface area contributed by atoms with E-state index in [1.54, 1.807) is 4.57 Å². The van der Waals surface area contributed by atoms with Crippen LogP contribution in [0.5, 0.6) is 11.8 Å². The molecule has 2 rings (SSSR count). The first kappa shape index (κ1) is 12.3. The second-order valence-corrected chi connectivity index (χ2v) is 3.78. The van der Waals surface area contributed by atoms with E-state index < -0.39 is 0 Å². The number of hydrogen-bond acceptors (Lipinski definition) is 3. The molecule has 0 saturated carbocycles. The second-order valence-electron chi connectivity index (χ2n) is 3.78. The van der Waals surface area contributed by atoms with Crippen molar-refractivity contribution in [2.24, 2.45) is 0 Å². The maximum Gasteiger partial charge on any atom is 0.302 e. The number of imidazole rings is 1. The van der Waals surface area contributed by atoms with Crippen LogP contribution in [0.4, 0.5) is 4.39 Å². The zero-order valence-electron chi connectivity index (χ0n) is 10.2. The smallest absolute Gasteiger partial charge is 0.302 e. The van der Waals surface area contributed by atoms with Crippen LogP contribution in [0.15, 0.2) is 30.5 Å². The Hall–Kier alpha value is -2.17. The number of halogens is 1. The molecule has 0 fully saturated rings. The summed E-state index contributed by atoms with van der Waals surface area (Å²) < 4.78 is 20.0. The molecule has 0 spiro atoms. The predicted molar refractivity (Wildman–Crippen MR) is 64.4 cm³/mol. The third-order valence-corrected chi connectivity index (χ3v) is 2.52. The fraction of sp³-hybridized carbons (Fsp3) is 0.231. The summed E-state index contributed by atoms with van der Waals surface area (Å²) in [4.78, 5) is 15.4. The highest BCUT2D eigenvalue weighted by Crippen LogP contribution is 2.22. The molecule has 0 amide bonds. The van der Waals surface area contributed by atoms with Crippen molar-refractivity contribution in [3.63, 3.8) is 0 Å². The molecule has 0 aliphatic heterocycles. The summed E-state index contributed by atoms with van der Waals surface area (Å²) >= 11 is 0. The van der Waals surface area contributed by atoms with Crippen LogP contribution >= 0.6 is 0 Å². The standard InChI is InChI=1S/C13H13FN2O2/c1-3-16-12(9(2)17)8-15-13(16)18-11-6-4-10(14)5-7-11/h4-8H,3H2,1-2H3. The molecule has 1 heterocycles. The van der Waals surface area contributed by atoms with Crippen LogP contribution < -0.4 is 4.74 Å². The molecule has 0 bridgehead atoms. The van der Waals surface area contributed by atoms with Gasteiger partial charge < -0.3 is 4.74 Å². The number of ether oxygens (including phenoxy) is 1. The van der Waals surface area contributed by atoms with Gasteiger partial charge in [0.15, 0.2) is 5.78 Å². The van der Waals surface area contributed by atoms with Gasteiger partial charge in [-0.15, -0.1) is 0 Å². The van der Waals surface area contributed by atoms with Crippen LogP contribution in [0.25, 0.3) is 0 Å². The van der Waals surface area contributed by atoms with Gasteiger partial charge >= 0.3 is 6.01 Å². The Morgan fingerprint density at radius 1 is 1.39 bits per heavy atom. The minimum absolute atomic E-state index is 0.0710. The molecule has 1 aromatic heterocycles. The molecule has 0 aliphatic carbocycles. The molecule has 18 heavy (non-hydrogen) atoms. The highest BCUT2D eigenvalue weighted by molar-refractivity contribution is 5.92. The van der Waals surface area contributed by atoms with E-state index in [1.807, 2.05) is 6.92 Å². The molecule has 0 aliphatic rings. The lowest BCUT2D eigenvalue weighted by Gasteiger charge is -2.08. The van der Waals surface area contributed by atoms with Crippen molar-refractivity contribution in [1.29, 1.82) is 0 Å². The van der Waals surface area contributed by atoms with E-state index in [-0.39, 0.29) is 11.6 Å². The fourth-order valence-corrected chi connectivity index (χ4v) is 1.63. The van der Waals surface area contributed by atoms with Gasteiger partial charge in [-0.25, -0.2) is 9.37 Å². The summed E-state index contributed by atoms with van der Waals surface area (Å²) in [7, 11) is 0. The zero-order valence-corrected chi connectivity index (χ0v) is 10.2. The maximum absolute atomic E-state index is 12.8. The minimum Gasteiger partial charge on any atom is -0.426 e. The number of benzene rings is 1. The first-order chi connectivity index (χ1) is 8.61. The number of hydrogen-bond donors (Lipinski definition) is 0. The fourth-order valence-electron chi connectivity index (χ4n) is 1.63. The van der Waals surface area contributed by atoms with Crippen LogP contribution in [-0.2, 0) is 6.54 Å². The highest BCUT2D eigenvalue weighted by atomic mass is 19.1. The van der Waals surface area contributed by atoms with Gasteiger partial charge in [0.25, 0.3) is 0 Å². The van der Waals surface area contributed by atoms with Crippen LogP contribution in [-0.4, -0.2) is 15.3 Å². The van der Waals surface area contributed by atoms with Gasteiger partial charge in [0, 0.05) is 13.5 Å². The zero-order chi connectivity index (χ0) is 13.1. The quantitative estimate of drug-likeness (QED) is 0.781. The minimum atomic E-state index is -0.328. The van der Waals surface area contributed by atoms with E-state index in [9.17, 15) is 9.18 Å². The molecule has 0 unspecified atom stereocenters. The van der Waals surface area contributed by atoms with Gasteiger partial charge in [0.2, 0.25) is 0 Å². The molecular formula is C13H13FN2O2. The molecule has 0 atom stereocenters. The molecule has 1 aromatic carbocycles. The van der Waals surface area contributed by atoms with E-state index in [2.05, 4.69) is 4.98 Å². The maximum atomic E-state index is 12.8. The number of carbonyl (C=O) groups is 1. The van der Waals surface area contributed by atoms with E-state index in [1.165, 1.54) is 37.4 Å². The van der Waals surface area contributed by atoms with Gasteiger partial charge in [0.1, 0.15) is 17.3 Å². The molecule has 0 saturated heterocycles. The average molecular weight is 248 g/mol. The number of rotatable bonds is 4. The molecule has 0 radical (unpaired) electrons. The van der Waals surface area contributed by atoms with E-state index in [4.69, 9.17) is 4.74 Å². The Bertz CT molecular complexity index is 561. The van der Waals surface area contributed by atoms with Crippen LogP contribution in [0.3, 0.4) is 0 Å². The lowest BCUT2D eigenvalue weighted by Crippen LogP contribution is -2.06. The van der Waals surface area contributed by atoms with Crippen molar-refractivity contribution < 1.29 is 13.9 Å². The number of carbonyl (C=O) groups excluding carboxylic acids is 1. The topological polar surface area (TPSA) is 44.1 Å². The lowest BCUT2D eigenvalue weighted by molar-refractivity contribution is 0.100. The molecule has 4 nitrogen and oxygen atoms in total. The first-order valence-corrected chi connectivity index (χ1v) is 5.61. The van der Waals surface area contributed by atoms with Crippen LogP contribution in [0.2, 0.25) is 0 Å². The van der Waals surface area contributed by atoms with Crippen molar-refractivity contribution in [1.82, 2.24) is 9.55 Å². The van der Waals surface area contributed by atoms with Gasteiger partial charge in [-0.1, -0.05) is 0 Å². The number of ketones is 1. The van der Waals surface area contributed by atoms with E-state index >= 15 is 0 Å². The monoisotopic (exact) mass is 248 g/mol. The SMILES string of the molecule is CCn1c(C(C)=O)cnc1Oc1ccc(F)cc1. The Kier molecular flexibility index (Phi) is 3.41. The number of nitrogens with zero attached hydrogens (tertiary/aromatic N) is 2. The summed E-state index contributed by atoms with van der Waals surface area (Å²) in [6.45, 7) is 3.95. The third kappa shape index (κ3) is 2.40. The molecule has 2 aromatic rings. The highest BCUT2D eigenvalue weighted by Gasteiger charge is 2.13. The average Bonchev–Trinajstić information content (AvgIpc) is 2.75. The Balaban J connectivity index is 2.29. The van der Waals surface area contributed by atoms with Crippen molar-refractivity contribution in [3.8, 4) is 11.8 Å². The lowest BCUT2D eigenvalue weighted by atomic mass is 10.3. The molecule has 0 N–H and O–H groups in total. The van der Waals surface area contributed by atoms with Crippen molar-refractivity contribution in [2.45, 2.75) is 20.4 Å². The van der Waals surface area contributed by atoms with E-state index in [0.717, 1.165) is 0 Å². The van der Waals surface area contributed by atoms with Crippen molar-refractivity contribution in [3.05, 3.63) is 42.0 Å². The summed E-state index contributed by atoms with van der Waals surface area (Å²) in [5.41, 5.74) is 0.495. The van der Waals surface area contributed by atoms with Crippen LogP contribution in [0, 0.1) is 5.82 Å². The third-order valence-electron chi connectivity index (χ3n) is 2.52. The Labute approximate surface area is 104 Å². The Morgan fingerprint density at radius 2 is 2.06 bits per heavy atom. The van der Waals surface area contributed by atoms with Crippen LogP contribution in [0.1, 0.15) is 24.3 Å². The van der Waals surface area contributed by atoms with Gasteiger partial charge in [0.05, 0.1) is 6.20 Å². The number of aromatic nitrogens is 2. The predicted octanol–water partition coefficient (Wildman–Crippen LogP) is 3.04. The van der Waals surface area contributed by atoms with Gasteiger partial charge in [-0.3, -0.25) is 9.36 Å². The van der Waals surface area contributed by atoms with Gasteiger partial charge in [-0.05, 0) is 31.2 Å². The summed E-state index contributed by atoms with van der Waals surface area (Å²) in [5.74, 6) is 0.0794. The van der Waals surface area contributed by atoms with Gasteiger partial charge in [-0.2, -0.15) is 0 Å². The molecule has 94 valence electrons. The normalized spacial score (nSPS) is 10.4. The Morgan fingerprint density at radius 3 is 2.61 bits per heavy atom. The second kappa shape index (κ2) is 5.00. The largest absolute Gasteiger partial charge is 0.426 e. The number of Topliss-reactive ketones (excluding diaryl/α,β-unsaturated/α-hetero) is 1. The van der Waals surface area contributed by atoms with E-state index in [0.29, 0.717) is 24.0 Å². The van der Waals surface area contributed by atoms with Crippen molar-refractivity contribution >= 4 is 5.78 Å². The molecular weight excluding hydrogens is 235 g/mol. The summed E-state index contributed by atoms with van der Waals surface area (Å²) in [5, 5.41) is 0.